The maximum Gasteiger partial charge on any atom is 0.235 e. The zero-order chi connectivity index (χ0) is 20.2. The Hall–Kier alpha value is -2.06. The molecule has 156 valence electrons. The fraction of sp³-hybridized carbons (Fsp3) is 0.571. The minimum atomic E-state index is -0.192. The fourth-order valence-corrected chi connectivity index (χ4v) is 4.89. The zero-order valence-corrected chi connectivity index (χ0v) is 18.0. The molecule has 2 aromatic rings. The molecule has 0 unspecified atom stereocenters. The number of morpholine rings is 1. The van der Waals surface area contributed by atoms with E-state index < -0.39 is 0 Å². The van der Waals surface area contributed by atoms with Crippen LogP contribution in [0.5, 0.6) is 0 Å². The van der Waals surface area contributed by atoms with Crippen LogP contribution in [0.1, 0.15) is 32.3 Å². The lowest BCUT2D eigenvalue weighted by molar-refractivity contribution is -0.129. The number of aromatic nitrogens is 3. The molecule has 4 rings (SSSR count). The summed E-state index contributed by atoms with van der Waals surface area (Å²) in [4.78, 5) is 17.0. The smallest absolute Gasteiger partial charge is 0.235 e. The number of anilines is 1. The summed E-state index contributed by atoms with van der Waals surface area (Å²) >= 11 is 1.50. The summed E-state index contributed by atoms with van der Waals surface area (Å²) < 4.78 is 7.64. The molecule has 1 atom stereocenters. The van der Waals surface area contributed by atoms with Crippen molar-refractivity contribution in [1.82, 2.24) is 19.7 Å². The molecule has 3 heterocycles. The first-order chi connectivity index (χ1) is 14.2. The van der Waals surface area contributed by atoms with Crippen LogP contribution >= 0.6 is 11.8 Å². The van der Waals surface area contributed by atoms with Gasteiger partial charge in [-0.25, -0.2) is 0 Å². The molecular weight excluding hydrogens is 386 g/mol. The molecule has 2 fully saturated rings. The first-order valence-corrected chi connectivity index (χ1v) is 11.4. The fourth-order valence-electron chi connectivity index (χ4n) is 3.95. The van der Waals surface area contributed by atoms with Gasteiger partial charge in [-0.1, -0.05) is 36.9 Å². The highest BCUT2D eigenvalue weighted by Gasteiger charge is 2.28. The average Bonchev–Trinajstić information content (AvgIpc) is 3.44. The van der Waals surface area contributed by atoms with E-state index in [0.29, 0.717) is 13.2 Å². The van der Waals surface area contributed by atoms with Gasteiger partial charge in [0.2, 0.25) is 11.9 Å². The lowest BCUT2D eigenvalue weighted by atomic mass is 10.1. The normalized spacial score (nSPS) is 18.3. The van der Waals surface area contributed by atoms with E-state index in [4.69, 9.17) is 4.74 Å². The number of aryl methyl sites for hydroxylation is 1. The Morgan fingerprint density at radius 3 is 2.59 bits per heavy atom. The number of likely N-dealkylation sites (tertiary alicyclic amines) is 1. The van der Waals surface area contributed by atoms with Crippen LogP contribution < -0.4 is 4.90 Å². The highest BCUT2D eigenvalue weighted by Crippen LogP contribution is 2.32. The van der Waals surface area contributed by atoms with Gasteiger partial charge in [0, 0.05) is 26.2 Å². The summed E-state index contributed by atoms with van der Waals surface area (Å²) in [5.74, 6) is 1.02. The van der Waals surface area contributed by atoms with E-state index in [0.717, 1.165) is 62.2 Å². The van der Waals surface area contributed by atoms with Crippen LogP contribution in [0.2, 0.25) is 0 Å². The molecule has 2 saturated heterocycles. The summed E-state index contributed by atoms with van der Waals surface area (Å²) in [6.07, 6.45) is 3.12. The van der Waals surface area contributed by atoms with Gasteiger partial charge in [0.15, 0.2) is 5.16 Å². The van der Waals surface area contributed by atoms with E-state index in [-0.39, 0.29) is 11.2 Å². The van der Waals surface area contributed by atoms with Crippen LogP contribution in [0.3, 0.4) is 0 Å². The quantitative estimate of drug-likeness (QED) is 0.676. The Bertz CT molecular complexity index is 843. The van der Waals surface area contributed by atoms with Crippen molar-refractivity contribution in [3.05, 3.63) is 29.8 Å². The van der Waals surface area contributed by atoms with Gasteiger partial charge in [0.05, 0.1) is 24.2 Å². The second kappa shape index (κ2) is 9.17. The largest absolute Gasteiger partial charge is 0.378 e. The number of amides is 1. The van der Waals surface area contributed by atoms with E-state index >= 15 is 0 Å². The lowest BCUT2D eigenvalue weighted by Crippen LogP contribution is -2.38. The van der Waals surface area contributed by atoms with E-state index in [9.17, 15) is 4.79 Å². The predicted octanol–water partition coefficient (Wildman–Crippen LogP) is 2.77. The second-order valence-electron chi connectivity index (χ2n) is 7.49. The van der Waals surface area contributed by atoms with Crippen molar-refractivity contribution in [2.45, 2.75) is 43.5 Å². The third kappa shape index (κ3) is 4.28. The number of ether oxygens (including phenoxy) is 1. The van der Waals surface area contributed by atoms with Crippen molar-refractivity contribution >= 4 is 23.6 Å². The van der Waals surface area contributed by atoms with Gasteiger partial charge in [-0.3, -0.25) is 9.36 Å². The summed E-state index contributed by atoms with van der Waals surface area (Å²) in [7, 11) is 0. The molecule has 1 amide bonds. The van der Waals surface area contributed by atoms with Gasteiger partial charge < -0.3 is 14.5 Å². The molecule has 0 N–H and O–H groups in total. The molecule has 2 aliphatic heterocycles. The van der Waals surface area contributed by atoms with Gasteiger partial charge >= 0.3 is 0 Å². The van der Waals surface area contributed by atoms with Gasteiger partial charge in [0.1, 0.15) is 0 Å². The molecule has 0 bridgehead atoms. The molecule has 2 aliphatic rings. The second-order valence-corrected chi connectivity index (χ2v) is 8.80. The Labute approximate surface area is 176 Å². The summed E-state index contributed by atoms with van der Waals surface area (Å²) in [6, 6.07) is 8.37. The van der Waals surface area contributed by atoms with E-state index in [2.05, 4.69) is 44.8 Å². The van der Waals surface area contributed by atoms with Gasteiger partial charge in [-0.05, 0) is 37.8 Å². The number of para-hydroxylation sites is 1. The third-order valence-electron chi connectivity index (χ3n) is 5.57. The van der Waals surface area contributed by atoms with Crippen LogP contribution in [0, 0.1) is 0 Å². The first kappa shape index (κ1) is 20.2. The molecule has 1 aromatic heterocycles. The van der Waals surface area contributed by atoms with E-state index in [1.165, 1.54) is 17.3 Å². The molecule has 1 aromatic carbocycles. The van der Waals surface area contributed by atoms with Crippen LogP contribution in [0.25, 0.3) is 5.69 Å². The Morgan fingerprint density at radius 2 is 1.86 bits per heavy atom. The number of benzene rings is 1. The van der Waals surface area contributed by atoms with Crippen LogP contribution in [-0.4, -0.2) is 70.2 Å². The molecule has 29 heavy (non-hydrogen) atoms. The SMILES string of the molecule is CCc1ccccc1-n1c(S[C@@H](C)C(=O)N2CCCC2)nnc1N1CCOCC1. The number of carbonyl (C=O) groups excluding carboxylic acids is 1. The number of carbonyl (C=O) groups is 1. The van der Waals surface area contributed by atoms with Crippen molar-refractivity contribution in [2.75, 3.05) is 44.3 Å². The molecule has 0 aliphatic carbocycles. The van der Waals surface area contributed by atoms with Crippen molar-refractivity contribution in [2.24, 2.45) is 0 Å². The van der Waals surface area contributed by atoms with Gasteiger partial charge in [-0.2, -0.15) is 0 Å². The molecular formula is C21H29N5O2S. The van der Waals surface area contributed by atoms with Crippen molar-refractivity contribution in [1.29, 1.82) is 0 Å². The number of hydrogen-bond acceptors (Lipinski definition) is 6. The van der Waals surface area contributed by atoms with Crippen LogP contribution in [0.4, 0.5) is 5.95 Å². The maximum atomic E-state index is 12.8. The van der Waals surface area contributed by atoms with Gasteiger partial charge in [0.25, 0.3) is 0 Å². The Kier molecular flexibility index (Phi) is 6.40. The Morgan fingerprint density at radius 1 is 1.14 bits per heavy atom. The maximum absolute atomic E-state index is 12.8. The third-order valence-corrected chi connectivity index (χ3v) is 6.60. The van der Waals surface area contributed by atoms with Gasteiger partial charge in [-0.15, -0.1) is 10.2 Å². The summed E-state index contributed by atoms with van der Waals surface area (Å²) in [5.41, 5.74) is 2.33. The predicted molar refractivity (Wildman–Crippen MR) is 115 cm³/mol. The topological polar surface area (TPSA) is 63.5 Å². The number of thioether (sulfide) groups is 1. The molecule has 0 radical (unpaired) electrons. The molecule has 7 nitrogen and oxygen atoms in total. The van der Waals surface area contributed by atoms with Crippen molar-refractivity contribution in [3.63, 3.8) is 0 Å². The first-order valence-electron chi connectivity index (χ1n) is 10.5. The van der Waals surface area contributed by atoms with E-state index in [1.807, 2.05) is 17.9 Å². The summed E-state index contributed by atoms with van der Waals surface area (Å²) in [5, 5.41) is 9.63. The lowest BCUT2D eigenvalue weighted by Gasteiger charge is -2.28. The average molecular weight is 416 g/mol. The van der Waals surface area contributed by atoms with E-state index in [1.54, 1.807) is 0 Å². The molecule has 8 heteroatoms. The zero-order valence-electron chi connectivity index (χ0n) is 17.2. The summed E-state index contributed by atoms with van der Waals surface area (Å²) in [6.45, 7) is 8.83. The minimum absolute atomic E-state index is 0.192. The van der Waals surface area contributed by atoms with Crippen molar-refractivity contribution < 1.29 is 9.53 Å². The Balaban J connectivity index is 1.68. The number of rotatable bonds is 6. The molecule has 0 spiro atoms. The highest BCUT2D eigenvalue weighted by molar-refractivity contribution is 8.00. The van der Waals surface area contributed by atoms with Crippen molar-refractivity contribution in [3.8, 4) is 5.69 Å². The highest BCUT2D eigenvalue weighted by atomic mass is 32.2. The van der Waals surface area contributed by atoms with Crippen LogP contribution in [0.15, 0.2) is 29.4 Å². The van der Waals surface area contributed by atoms with Crippen LogP contribution in [-0.2, 0) is 16.0 Å². The molecule has 0 saturated carbocycles. The minimum Gasteiger partial charge on any atom is -0.378 e. The standard InChI is InChI=1S/C21H29N5O2S/c1-3-17-8-4-5-9-18(17)26-20(25-12-14-28-15-13-25)22-23-21(26)29-16(2)19(27)24-10-6-7-11-24/h4-5,8-9,16H,3,6-7,10-15H2,1-2H3/t16-/m0/s1. The monoisotopic (exact) mass is 415 g/mol. The number of nitrogens with zero attached hydrogens (tertiary/aromatic N) is 5. The number of hydrogen-bond donors (Lipinski definition) is 0.